The van der Waals surface area contributed by atoms with Gasteiger partial charge in [0.25, 0.3) is 0 Å². The quantitative estimate of drug-likeness (QED) is 0.268. The number of nitrogens with zero attached hydrogens (tertiary/aromatic N) is 4. The lowest BCUT2D eigenvalue weighted by atomic mass is 10.1. The first-order chi connectivity index (χ1) is 13.9. The van der Waals surface area contributed by atoms with Crippen LogP contribution in [0.25, 0.3) is 0 Å². The van der Waals surface area contributed by atoms with Crippen LogP contribution in [0.2, 0.25) is 5.02 Å². The van der Waals surface area contributed by atoms with E-state index in [2.05, 4.69) is 25.7 Å². The predicted molar refractivity (Wildman–Crippen MR) is 105 cm³/mol. The van der Waals surface area contributed by atoms with Gasteiger partial charge in [-0.25, -0.2) is 17.4 Å². The van der Waals surface area contributed by atoms with Crippen LogP contribution in [0.15, 0.2) is 28.0 Å². The van der Waals surface area contributed by atoms with Crippen molar-refractivity contribution in [3.63, 3.8) is 0 Å². The van der Waals surface area contributed by atoms with Crippen LogP contribution >= 0.6 is 11.6 Å². The van der Waals surface area contributed by atoms with Gasteiger partial charge in [0.15, 0.2) is 15.5 Å². The van der Waals surface area contributed by atoms with Crippen molar-refractivity contribution in [3.05, 3.63) is 46.0 Å². The van der Waals surface area contributed by atoms with Crippen molar-refractivity contribution in [1.29, 1.82) is 0 Å². The predicted octanol–water partition coefficient (Wildman–Crippen LogP) is 1.10. The van der Waals surface area contributed by atoms with E-state index in [4.69, 9.17) is 16.2 Å². The highest BCUT2D eigenvalue weighted by atomic mass is 35.5. The summed E-state index contributed by atoms with van der Waals surface area (Å²) in [6.45, 7) is 2.70. The molecule has 3 rings (SSSR count). The van der Waals surface area contributed by atoms with Crippen molar-refractivity contribution in [1.82, 2.24) is 20.5 Å². The summed E-state index contributed by atoms with van der Waals surface area (Å²) in [7, 11) is -2.89. The number of benzene rings is 1. The fourth-order valence-corrected chi connectivity index (χ4v) is 4.45. The van der Waals surface area contributed by atoms with Gasteiger partial charge in [-0.05, 0) is 22.9 Å². The van der Waals surface area contributed by atoms with Gasteiger partial charge in [0.2, 0.25) is 0 Å². The molecule has 1 saturated heterocycles. The lowest BCUT2D eigenvalue weighted by Gasteiger charge is -2.26. The van der Waals surface area contributed by atoms with E-state index in [0.29, 0.717) is 49.7 Å². The maximum absolute atomic E-state index is 13.3. The second-order valence-electron chi connectivity index (χ2n) is 6.70. The monoisotopic (exact) mass is 445 g/mol. The number of rotatable bonds is 8. The molecule has 2 heterocycles. The summed E-state index contributed by atoms with van der Waals surface area (Å²) in [5.41, 5.74) is 1.62. The molecule has 1 aromatic carbocycles. The van der Waals surface area contributed by atoms with Gasteiger partial charge >= 0.3 is 0 Å². The average molecular weight is 446 g/mol. The molecule has 1 fully saturated rings. The zero-order valence-corrected chi connectivity index (χ0v) is 17.1. The van der Waals surface area contributed by atoms with Crippen LogP contribution in [0, 0.1) is 5.82 Å². The van der Waals surface area contributed by atoms with Gasteiger partial charge < -0.3 is 15.4 Å². The van der Waals surface area contributed by atoms with E-state index in [-0.39, 0.29) is 28.7 Å². The molecule has 0 radical (unpaired) electrons. The maximum atomic E-state index is 13.3. The zero-order valence-electron chi connectivity index (χ0n) is 15.5. The molecule has 0 saturated carbocycles. The van der Waals surface area contributed by atoms with Crippen molar-refractivity contribution in [2.45, 2.75) is 13.0 Å². The molecule has 9 nitrogen and oxygen atoms in total. The van der Waals surface area contributed by atoms with Crippen molar-refractivity contribution >= 4 is 27.1 Å². The zero-order chi connectivity index (χ0) is 20.9. The second-order valence-corrected chi connectivity index (χ2v) is 9.41. The van der Waals surface area contributed by atoms with Gasteiger partial charge in [-0.1, -0.05) is 28.0 Å². The number of aromatic nitrogens is 2. The molecule has 0 aliphatic carbocycles. The summed E-state index contributed by atoms with van der Waals surface area (Å²) < 4.78 is 41.0. The van der Waals surface area contributed by atoms with E-state index in [0.717, 1.165) is 0 Å². The number of sulfone groups is 1. The number of oxime groups is 1. The van der Waals surface area contributed by atoms with E-state index < -0.39 is 15.7 Å². The Balaban J connectivity index is 1.53. The first-order valence-electron chi connectivity index (χ1n) is 8.98. The Morgan fingerprint density at radius 3 is 2.79 bits per heavy atom. The molecule has 1 aliphatic rings. The highest BCUT2D eigenvalue weighted by molar-refractivity contribution is 7.91. The number of hydrogen-bond donors (Lipinski definition) is 2. The van der Waals surface area contributed by atoms with Gasteiger partial charge in [0.1, 0.15) is 17.2 Å². The molecule has 2 N–H and O–H groups in total. The second kappa shape index (κ2) is 9.61. The number of halogens is 2. The number of nitrogens with one attached hydrogen (secondary N) is 1. The third-order valence-electron chi connectivity index (χ3n) is 4.64. The van der Waals surface area contributed by atoms with Gasteiger partial charge in [-0.15, -0.1) is 0 Å². The van der Waals surface area contributed by atoms with Crippen molar-refractivity contribution in [2.24, 2.45) is 5.16 Å². The Hall–Kier alpha value is -2.08. The Kier molecular flexibility index (Phi) is 7.17. The van der Waals surface area contributed by atoms with Gasteiger partial charge in [-0.2, -0.15) is 0 Å². The summed E-state index contributed by atoms with van der Waals surface area (Å²) in [4.78, 5) is 2.08. The van der Waals surface area contributed by atoms with Crippen molar-refractivity contribution in [3.8, 4) is 0 Å². The van der Waals surface area contributed by atoms with Crippen molar-refractivity contribution in [2.75, 3.05) is 37.7 Å². The molecule has 0 unspecified atom stereocenters. The summed E-state index contributed by atoms with van der Waals surface area (Å²) in [5, 5.41) is 23.5. The fourth-order valence-electron chi connectivity index (χ4n) is 2.97. The molecule has 1 aromatic heterocycles. The number of hydrogen-bond acceptors (Lipinski definition) is 9. The first kappa shape index (κ1) is 21.6. The van der Waals surface area contributed by atoms with Crippen LogP contribution in [0.3, 0.4) is 0 Å². The normalized spacial score (nSPS) is 17.5. The Labute approximate surface area is 172 Å². The van der Waals surface area contributed by atoms with E-state index in [1.165, 1.54) is 18.2 Å². The van der Waals surface area contributed by atoms with E-state index in [9.17, 15) is 18.0 Å². The topological polar surface area (TPSA) is 121 Å². The standard InChI is InChI=1S/C17H21ClFN5O4S/c18-13-9-12(1-2-14(13)19)10-15(21-25)17-16(22-28-23-17)11-20-3-4-24-5-7-29(26,27)8-6-24/h1-2,9,20,25H,3-8,10-11H2. The van der Waals surface area contributed by atoms with Crippen LogP contribution in [-0.4, -0.2) is 72.2 Å². The van der Waals surface area contributed by atoms with E-state index >= 15 is 0 Å². The van der Waals surface area contributed by atoms with Crippen LogP contribution in [0.4, 0.5) is 4.39 Å². The Morgan fingerprint density at radius 1 is 1.34 bits per heavy atom. The minimum Gasteiger partial charge on any atom is -0.411 e. The first-order valence-corrected chi connectivity index (χ1v) is 11.2. The SMILES string of the molecule is O=S1(=O)CCN(CCNCc2nonc2C(Cc2ccc(F)c(Cl)c2)=NO)CC1. The summed E-state index contributed by atoms with van der Waals surface area (Å²) in [6.07, 6.45) is 0.167. The molecule has 12 heteroatoms. The highest BCUT2D eigenvalue weighted by Crippen LogP contribution is 2.18. The van der Waals surface area contributed by atoms with Crippen LogP contribution in [0.5, 0.6) is 0 Å². The molecule has 0 atom stereocenters. The molecule has 2 aromatic rings. The molecular weight excluding hydrogens is 425 g/mol. The average Bonchev–Trinajstić information content (AvgIpc) is 3.15. The summed E-state index contributed by atoms with van der Waals surface area (Å²) >= 11 is 5.79. The maximum Gasteiger partial charge on any atom is 0.157 e. The summed E-state index contributed by atoms with van der Waals surface area (Å²) in [6, 6.07) is 4.23. The largest absolute Gasteiger partial charge is 0.411 e. The van der Waals surface area contributed by atoms with Gasteiger partial charge in [-0.3, -0.25) is 0 Å². The van der Waals surface area contributed by atoms with E-state index in [1.54, 1.807) is 0 Å². The van der Waals surface area contributed by atoms with Gasteiger partial charge in [0, 0.05) is 39.1 Å². The lowest BCUT2D eigenvalue weighted by Crippen LogP contribution is -2.43. The lowest BCUT2D eigenvalue weighted by molar-refractivity contribution is 0.290. The molecule has 1 aliphatic heterocycles. The summed E-state index contributed by atoms with van der Waals surface area (Å²) in [5.74, 6) is -0.153. The molecule has 0 amide bonds. The molecular formula is C17H21ClFN5O4S. The van der Waals surface area contributed by atoms with Gasteiger partial charge in [0.05, 0.1) is 16.5 Å². The third kappa shape index (κ3) is 5.95. The molecule has 158 valence electrons. The fraction of sp³-hybridized carbons (Fsp3) is 0.471. The molecule has 0 bridgehead atoms. The smallest absolute Gasteiger partial charge is 0.157 e. The molecule has 0 spiro atoms. The molecule has 29 heavy (non-hydrogen) atoms. The van der Waals surface area contributed by atoms with Crippen LogP contribution < -0.4 is 5.32 Å². The minimum absolute atomic E-state index is 0.0227. The third-order valence-corrected chi connectivity index (χ3v) is 6.54. The Bertz CT molecular complexity index is 968. The van der Waals surface area contributed by atoms with Crippen molar-refractivity contribution < 1.29 is 22.6 Å². The van der Waals surface area contributed by atoms with Crippen LogP contribution in [-0.2, 0) is 22.8 Å². The van der Waals surface area contributed by atoms with Crippen LogP contribution in [0.1, 0.15) is 17.0 Å². The minimum atomic E-state index is -2.89. The Morgan fingerprint density at radius 2 is 2.10 bits per heavy atom. The van der Waals surface area contributed by atoms with E-state index in [1.807, 2.05) is 0 Å². The highest BCUT2D eigenvalue weighted by Gasteiger charge is 2.21.